The lowest BCUT2D eigenvalue weighted by molar-refractivity contribution is 0.144. The molecular weight excluding hydrogens is 104 g/mol. The summed E-state index contributed by atoms with van der Waals surface area (Å²) in [5.74, 6) is 0. The standard InChI is InChI=1S/C5H12N2O/c1-5(8)4-7(3)6-2/h5,8H,2,4H2,1,3H3. The van der Waals surface area contributed by atoms with Gasteiger partial charge in [-0.15, -0.1) is 0 Å². The second-order valence-electron chi connectivity index (χ2n) is 1.83. The number of aliphatic hydroxyl groups excluding tert-OH is 1. The molecule has 0 aliphatic rings. The van der Waals surface area contributed by atoms with Crippen molar-refractivity contribution in [1.29, 1.82) is 0 Å². The smallest absolute Gasteiger partial charge is 0.0703 e. The quantitative estimate of drug-likeness (QED) is 0.413. The van der Waals surface area contributed by atoms with Crippen LogP contribution >= 0.6 is 0 Å². The summed E-state index contributed by atoms with van der Waals surface area (Å²) in [6, 6.07) is 0. The van der Waals surface area contributed by atoms with Gasteiger partial charge in [0, 0.05) is 13.8 Å². The van der Waals surface area contributed by atoms with Crippen molar-refractivity contribution in [1.82, 2.24) is 5.01 Å². The Morgan fingerprint density at radius 1 is 1.88 bits per heavy atom. The average molecular weight is 116 g/mol. The van der Waals surface area contributed by atoms with Gasteiger partial charge in [-0.25, -0.2) is 0 Å². The lowest BCUT2D eigenvalue weighted by Crippen LogP contribution is -2.21. The van der Waals surface area contributed by atoms with E-state index >= 15 is 0 Å². The van der Waals surface area contributed by atoms with Gasteiger partial charge in [0.2, 0.25) is 0 Å². The molecule has 0 radical (unpaired) electrons. The molecule has 48 valence electrons. The number of nitrogens with zero attached hydrogens (tertiary/aromatic N) is 2. The molecule has 0 aliphatic carbocycles. The van der Waals surface area contributed by atoms with Gasteiger partial charge in [0.15, 0.2) is 0 Å². The molecule has 1 atom stereocenters. The van der Waals surface area contributed by atoms with Crippen molar-refractivity contribution in [2.24, 2.45) is 5.10 Å². The van der Waals surface area contributed by atoms with Crippen LogP contribution in [0.15, 0.2) is 5.10 Å². The Kier molecular flexibility index (Phi) is 3.19. The van der Waals surface area contributed by atoms with Crippen LogP contribution in [0.4, 0.5) is 0 Å². The number of likely N-dealkylation sites (N-methyl/N-ethyl adjacent to an activating group) is 1. The van der Waals surface area contributed by atoms with Gasteiger partial charge in [0.25, 0.3) is 0 Å². The maximum Gasteiger partial charge on any atom is 0.0703 e. The highest BCUT2D eigenvalue weighted by atomic mass is 16.3. The third-order valence-corrected chi connectivity index (χ3v) is 0.770. The van der Waals surface area contributed by atoms with Crippen LogP contribution in [0.2, 0.25) is 0 Å². The Morgan fingerprint density at radius 2 is 2.38 bits per heavy atom. The summed E-state index contributed by atoms with van der Waals surface area (Å²) in [7, 11) is 1.76. The normalized spacial score (nSPS) is 12.9. The first-order chi connectivity index (χ1) is 3.66. The van der Waals surface area contributed by atoms with Crippen LogP contribution in [0.5, 0.6) is 0 Å². The zero-order valence-corrected chi connectivity index (χ0v) is 5.33. The number of rotatable bonds is 3. The van der Waals surface area contributed by atoms with E-state index in [1.54, 1.807) is 19.0 Å². The molecule has 0 spiro atoms. The van der Waals surface area contributed by atoms with E-state index in [1.165, 1.54) is 0 Å². The van der Waals surface area contributed by atoms with Crippen molar-refractivity contribution in [2.45, 2.75) is 13.0 Å². The van der Waals surface area contributed by atoms with E-state index in [-0.39, 0.29) is 6.10 Å². The van der Waals surface area contributed by atoms with Crippen LogP contribution in [0.25, 0.3) is 0 Å². The summed E-state index contributed by atoms with van der Waals surface area (Å²) in [6.07, 6.45) is -0.328. The van der Waals surface area contributed by atoms with Gasteiger partial charge in [0.05, 0.1) is 12.6 Å². The molecule has 0 aromatic rings. The summed E-state index contributed by atoms with van der Waals surface area (Å²) in [6.45, 7) is 5.53. The zero-order valence-electron chi connectivity index (χ0n) is 5.33. The Labute approximate surface area is 49.6 Å². The number of hydrogen-bond donors (Lipinski definition) is 1. The maximum absolute atomic E-state index is 8.72. The van der Waals surface area contributed by atoms with Gasteiger partial charge in [-0.2, -0.15) is 5.10 Å². The third kappa shape index (κ3) is 3.61. The van der Waals surface area contributed by atoms with E-state index in [1.807, 2.05) is 0 Å². The molecule has 0 amide bonds. The van der Waals surface area contributed by atoms with E-state index in [2.05, 4.69) is 11.8 Å². The first-order valence-corrected chi connectivity index (χ1v) is 2.52. The second-order valence-corrected chi connectivity index (χ2v) is 1.83. The second kappa shape index (κ2) is 3.43. The molecule has 0 aromatic carbocycles. The summed E-state index contributed by atoms with van der Waals surface area (Å²) in [5.41, 5.74) is 0. The van der Waals surface area contributed by atoms with E-state index in [0.717, 1.165) is 0 Å². The Hall–Kier alpha value is -0.570. The SMILES string of the molecule is C=NN(C)CC(C)O. The van der Waals surface area contributed by atoms with Gasteiger partial charge in [-0.3, -0.25) is 5.01 Å². The summed E-state index contributed by atoms with van der Waals surface area (Å²) in [5, 5.41) is 13.9. The minimum absolute atomic E-state index is 0.328. The molecule has 0 aliphatic heterocycles. The molecule has 0 heterocycles. The highest BCUT2D eigenvalue weighted by Crippen LogP contribution is 1.85. The first-order valence-electron chi connectivity index (χ1n) is 2.52. The van der Waals surface area contributed by atoms with E-state index in [9.17, 15) is 0 Å². The topological polar surface area (TPSA) is 35.8 Å². The number of hydrazone groups is 1. The largest absolute Gasteiger partial charge is 0.392 e. The summed E-state index contributed by atoms with van der Waals surface area (Å²) >= 11 is 0. The molecule has 8 heavy (non-hydrogen) atoms. The lowest BCUT2D eigenvalue weighted by Gasteiger charge is -2.12. The summed E-state index contributed by atoms with van der Waals surface area (Å²) in [4.78, 5) is 0. The minimum atomic E-state index is -0.328. The number of aliphatic hydroxyl groups is 1. The van der Waals surface area contributed by atoms with Crippen molar-refractivity contribution < 1.29 is 5.11 Å². The highest BCUT2D eigenvalue weighted by molar-refractivity contribution is 5.22. The Morgan fingerprint density at radius 3 is 2.50 bits per heavy atom. The zero-order chi connectivity index (χ0) is 6.57. The lowest BCUT2D eigenvalue weighted by atomic mass is 10.4. The Balaban J connectivity index is 3.23. The fourth-order valence-corrected chi connectivity index (χ4v) is 0.440. The molecule has 1 unspecified atom stereocenters. The van der Waals surface area contributed by atoms with Gasteiger partial charge >= 0.3 is 0 Å². The molecule has 0 rings (SSSR count). The molecule has 0 bridgehead atoms. The molecule has 0 fully saturated rings. The van der Waals surface area contributed by atoms with Crippen LogP contribution < -0.4 is 0 Å². The minimum Gasteiger partial charge on any atom is -0.392 e. The van der Waals surface area contributed by atoms with Crippen LogP contribution in [0.1, 0.15) is 6.92 Å². The predicted octanol–water partition coefficient (Wildman–Crippen LogP) is -0.0854. The van der Waals surface area contributed by atoms with Gasteiger partial charge in [-0.1, -0.05) is 0 Å². The molecule has 1 N–H and O–H groups in total. The van der Waals surface area contributed by atoms with E-state index in [0.29, 0.717) is 6.54 Å². The van der Waals surface area contributed by atoms with Crippen LogP contribution in [-0.4, -0.2) is 36.5 Å². The molecule has 0 saturated carbocycles. The van der Waals surface area contributed by atoms with Crippen molar-refractivity contribution >= 4 is 6.72 Å². The monoisotopic (exact) mass is 116 g/mol. The van der Waals surface area contributed by atoms with Crippen molar-refractivity contribution in [2.75, 3.05) is 13.6 Å². The van der Waals surface area contributed by atoms with Crippen molar-refractivity contribution in [3.63, 3.8) is 0 Å². The maximum atomic E-state index is 8.72. The van der Waals surface area contributed by atoms with Crippen molar-refractivity contribution in [3.8, 4) is 0 Å². The van der Waals surface area contributed by atoms with E-state index in [4.69, 9.17) is 5.11 Å². The van der Waals surface area contributed by atoms with E-state index < -0.39 is 0 Å². The number of hydrogen-bond acceptors (Lipinski definition) is 3. The molecule has 0 saturated heterocycles. The summed E-state index contributed by atoms with van der Waals surface area (Å²) < 4.78 is 0. The third-order valence-electron chi connectivity index (χ3n) is 0.770. The van der Waals surface area contributed by atoms with Crippen LogP contribution in [0, 0.1) is 0 Å². The fraction of sp³-hybridized carbons (Fsp3) is 0.800. The average Bonchev–Trinajstić information content (AvgIpc) is 1.65. The predicted molar refractivity (Wildman–Crippen MR) is 33.9 cm³/mol. The van der Waals surface area contributed by atoms with Crippen molar-refractivity contribution in [3.05, 3.63) is 0 Å². The van der Waals surface area contributed by atoms with Gasteiger partial charge in [0.1, 0.15) is 0 Å². The van der Waals surface area contributed by atoms with Gasteiger partial charge in [-0.05, 0) is 6.92 Å². The van der Waals surface area contributed by atoms with Crippen LogP contribution in [-0.2, 0) is 0 Å². The molecule has 3 nitrogen and oxygen atoms in total. The first kappa shape index (κ1) is 7.43. The molecular formula is C5H12N2O. The highest BCUT2D eigenvalue weighted by Gasteiger charge is 1.95. The molecule has 0 aromatic heterocycles. The Bertz CT molecular complexity index is 72.8. The molecule has 3 heteroatoms. The fourth-order valence-electron chi connectivity index (χ4n) is 0.440. The van der Waals surface area contributed by atoms with Crippen LogP contribution in [0.3, 0.4) is 0 Å². The van der Waals surface area contributed by atoms with Gasteiger partial charge < -0.3 is 5.11 Å².